The van der Waals surface area contributed by atoms with E-state index in [4.69, 9.17) is 10.7 Å². The maximum absolute atomic E-state index is 12.7. The molecule has 0 fully saturated rings. The molecule has 1 heterocycles. The average molecular weight is 453 g/mol. The van der Waals surface area contributed by atoms with E-state index < -0.39 is 5.91 Å². The number of hydrogen-bond donors (Lipinski definition) is 2. The van der Waals surface area contributed by atoms with Gasteiger partial charge in [0.05, 0.1) is 22.9 Å². The fraction of sp³-hybridized carbons (Fsp3) is 0.261. The van der Waals surface area contributed by atoms with Gasteiger partial charge in [0, 0.05) is 16.3 Å². The van der Waals surface area contributed by atoms with Gasteiger partial charge in [-0.3, -0.25) is 14.2 Å². The molecule has 8 heteroatoms. The van der Waals surface area contributed by atoms with Gasteiger partial charge in [-0.25, -0.2) is 4.98 Å². The number of nitrogens with one attached hydrogen (secondary N) is 1. The van der Waals surface area contributed by atoms with Crippen LogP contribution in [0.25, 0.3) is 5.69 Å². The Morgan fingerprint density at radius 1 is 0.968 bits per heavy atom. The number of para-hydroxylation sites is 2. The Bertz CT molecular complexity index is 1080. The highest BCUT2D eigenvalue weighted by atomic mass is 32.2. The molecule has 0 aliphatic heterocycles. The highest BCUT2D eigenvalue weighted by Crippen LogP contribution is 2.31. The van der Waals surface area contributed by atoms with Gasteiger partial charge in [-0.05, 0) is 49.9 Å². The number of hydrogen-bond acceptors (Lipinski definition) is 5. The largest absolute Gasteiger partial charge is 0.369 e. The summed E-state index contributed by atoms with van der Waals surface area (Å²) in [5.41, 5.74) is 9.41. The zero-order chi connectivity index (χ0) is 21.6. The fourth-order valence-electron chi connectivity index (χ4n) is 3.62. The molecule has 1 aromatic heterocycles. The number of nitrogens with two attached hydrogens (primary N) is 1. The van der Waals surface area contributed by atoms with Gasteiger partial charge in [0.25, 0.3) is 0 Å². The van der Waals surface area contributed by atoms with E-state index in [-0.39, 0.29) is 17.4 Å². The molecule has 0 spiro atoms. The first-order chi connectivity index (χ1) is 15.1. The van der Waals surface area contributed by atoms with Crippen molar-refractivity contribution in [3.63, 3.8) is 0 Å². The third kappa shape index (κ3) is 5.32. The van der Waals surface area contributed by atoms with Crippen LogP contribution in [0, 0.1) is 0 Å². The zero-order valence-corrected chi connectivity index (χ0v) is 18.7. The molecule has 2 amide bonds. The summed E-state index contributed by atoms with van der Waals surface area (Å²) < 4.78 is 2.20. The molecule has 2 aromatic carbocycles. The van der Waals surface area contributed by atoms with Crippen molar-refractivity contribution in [2.45, 2.75) is 35.7 Å². The summed E-state index contributed by atoms with van der Waals surface area (Å²) in [5.74, 6) is -0.0877. The molecule has 160 valence electrons. The lowest BCUT2D eigenvalue weighted by Gasteiger charge is -2.15. The molecule has 0 radical (unpaired) electrons. The van der Waals surface area contributed by atoms with Gasteiger partial charge in [0.15, 0.2) is 5.16 Å². The summed E-state index contributed by atoms with van der Waals surface area (Å²) in [5, 5.41) is 3.81. The van der Waals surface area contributed by atoms with Gasteiger partial charge in [0.1, 0.15) is 0 Å². The van der Waals surface area contributed by atoms with Crippen molar-refractivity contribution in [2.24, 2.45) is 5.73 Å². The van der Waals surface area contributed by atoms with E-state index in [0.717, 1.165) is 47.1 Å². The van der Waals surface area contributed by atoms with Crippen LogP contribution >= 0.6 is 23.5 Å². The third-order valence-electron chi connectivity index (χ3n) is 4.98. The van der Waals surface area contributed by atoms with Crippen molar-refractivity contribution in [3.05, 3.63) is 66.0 Å². The van der Waals surface area contributed by atoms with Gasteiger partial charge >= 0.3 is 0 Å². The lowest BCUT2D eigenvalue weighted by molar-refractivity contribution is -0.115. The average Bonchev–Trinajstić information content (AvgIpc) is 3.16. The van der Waals surface area contributed by atoms with Crippen molar-refractivity contribution >= 4 is 41.0 Å². The number of rotatable bonds is 8. The van der Waals surface area contributed by atoms with Crippen molar-refractivity contribution in [1.29, 1.82) is 0 Å². The predicted molar refractivity (Wildman–Crippen MR) is 126 cm³/mol. The second kappa shape index (κ2) is 10.1. The standard InChI is InChI=1S/C23H24N4O2S2/c24-21(28)14-30-20-13-7-5-11-18(20)25-22(29)15-31-23-26-17-10-4-6-12-19(17)27(23)16-8-2-1-3-9-16/h1-3,5,7-9,11,13H,4,6,10,12,14-15H2,(H2,24,28)(H,25,29). The zero-order valence-electron chi connectivity index (χ0n) is 17.0. The first kappa shape index (κ1) is 21.5. The van der Waals surface area contributed by atoms with E-state index in [0.29, 0.717) is 5.69 Å². The number of anilines is 1. The Kier molecular flexibility index (Phi) is 6.99. The van der Waals surface area contributed by atoms with Crippen molar-refractivity contribution < 1.29 is 9.59 Å². The maximum atomic E-state index is 12.7. The number of imidazole rings is 1. The first-order valence-corrected chi connectivity index (χ1v) is 12.2. The molecule has 6 nitrogen and oxygen atoms in total. The predicted octanol–water partition coefficient (Wildman–Crippen LogP) is 4.06. The molecular formula is C23H24N4O2S2. The topological polar surface area (TPSA) is 90.0 Å². The van der Waals surface area contributed by atoms with Crippen LogP contribution in [0.1, 0.15) is 24.2 Å². The van der Waals surface area contributed by atoms with Crippen LogP contribution in [0.3, 0.4) is 0 Å². The number of amides is 2. The van der Waals surface area contributed by atoms with E-state index in [1.807, 2.05) is 42.5 Å². The minimum atomic E-state index is -0.390. The van der Waals surface area contributed by atoms with E-state index in [9.17, 15) is 9.59 Å². The second-order valence-electron chi connectivity index (χ2n) is 7.25. The number of carbonyl (C=O) groups excluding carboxylic acids is 2. The van der Waals surface area contributed by atoms with Crippen LogP contribution in [0.5, 0.6) is 0 Å². The third-order valence-corrected chi connectivity index (χ3v) is 7.01. The number of fused-ring (bicyclic) bond motifs is 1. The number of carbonyl (C=O) groups is 2. The normalized spacial score (nSPS) is 12.9. The van der Waals surface area contributed by atoms with Gasteiger partial charge in [-0.1, -0.05) is 42.1 Å². The SMILES string of the molecule is NC(=O)CSc1ccccc1NC(=O)CSc1nc2c(n1-c1ccccc1)CCCC2. The number of benzene rings is 2. The van der Waals surface area contributed by atoms with E-state index >= 15 is 0 Å². The van der Waals surface area contributed by atoms with E-state index in [2.05, 4.69) is 22.0 Å². The molecule has 0 atom stereocenters. The number of primary amides is 1. The summed E-state index contributed by atoms with van der Waals surface area (Å²) in [4.78, 5) is 29.5. The van der Waals surface area contributed by atoms with Crippen LogP contribution < -0.4 is 11.1 Å². The lowest BCUT2D eigenvalue weighted by atomic mass is 10.0. The van der Waals surface area contributed by atoms with E-state index in [1.165, 1.54) is 29.2 Å². The number of thioether (sulfide) groups is 2. The van der Waals surface area contributed by atoms with Gasteiger partial charge in [0.2, 0.25) is 11.8 Å². The van der Waals surface area contributed by atoms with Crippen molar-refractivity contribution in [2.75, 3.05) is 16.8 Å². The van der Waals surface area contributed by atoms with Crippen LogP contribution in [-0.2, 0) is 22.4 Å². The van der Waals surface area contributed by atoms with E-state index in [1.54, 1.807) is 0 Å². The minimum absolute atomic E-state index is 0.113. The number of aromatic nitrogens is 2. The summed E-state index contributed by atoms with van der Waals surface area (Å²) in [7, 11) is 0. The summed E-state index contributed by atoms with van der Waals surface area (Å²) in [6.45, 7) is 0. The molecule has 1 aliphatic rings. The molecule has 4 rings (SSSR count). The molecular weight excluding hydrogens is 428 g/mol. The minimum Gasteiger partial charge on any atom is -0.369 e. The Balaban J connectivity index is 1.48. The highest BCUT2D eigenvalue weighted by Gasteiger charge is 2.22. The lowest BCUT2D eigenvalue weighted by Crippen LogP contribution is -2.16. The highest BCUT2D eigenvalue weighted by molar-refractivity contribution is 8.00. The molecule has 3 aromatic rings. The van der Waals surface area contributed by atoms with Crippen LogP contribution in [0.2, 0.25) is 0 Å². The van der Waals surface area contributed by atoms with Gasteiger partial charge in [-0.2, -0.15) is 0 Å². The Hall–Kier alpha value is -2.71. The monoisotopic (exact) mass is 452 g/mol. The molecule has 0 unspecified atom stereocenters. The summed E-state index contributed by atoms with van der Waals surface area (Å²) >= 11 is 2.76. The maximum Gasteiger partial charge on any atom is 0.234 e. The van der Waals surface area contributed by atoms with Crippen LogP contribution in [-0.4, -0.2) is 32.9 Å². The molecule has 3 N–H and O–H groups in total. The van der Waals surface area contributed by atoms with Crippen LogP contribution in [0.4, 0.5) is 5.69 Å². The number of aryl methyl sites for hydroxylation is 1. The molecule has 1 aliphatic carbocycles. The first-order valence-electron chi connectivity index (χ1n) is 10.2. The Morgan fingerprint density at radius 3 is 2.52 bits per heavy atom. The van der Waals surface area contributed by atoms with Gasteiger partial charge < -0.3 is 11.1 Å². The quantitative estimate of drug-likeness (QED) is 0.503. The van der Waals surface area contributed by atoms with Crippen LogP contribution in [0.15, 0.2) is 64.6 Å². The molecule has 0 bridgehead atoms. The van der Waals surface area contributed by atoms with Gasteiger partial charge in [-0.15, -0.1) is 11.8 Å². The molecule has 31 heavy (non-hydrogen) atoms. The number of nitrogens with zero attached hydrogens (tertiary/aromatic N) is 2. The molecule has 0 saturated heterocycles. The molecule has 0 saturated carbocycles. The Morgan fingerprint density at radius 2 is 1.71 bits per heavy atom. The summed E-state index contributed by atoms with van der Waals surface area (Å²) in [6, 6.07) is 17.6. The van der Waals surface area contributed by atoms with Crippen molar-refractivity contribution in [1.82, 2.24) is 9.55 Å². The Labute approximate surface area is 190 Å². The summed E-state index contributed by atoms with van der Waals surface area (Å²) in [6.07, 6.45) is 4.31. The fourth-order valence-corrected chi connectivity index (χ4v) is 5.22. The van der Waals surface area contributed by atoms with Crippen molar-refractivity contribution in [3.8, 4) is 5.69 Å². The second-order valence-corrected chi connectivity index (χ2v) is 9.21. The smallest absolute Gasteiger partial charge is 0.234 e.